The summed E-state index contributed by atoms with van der Waals surface area (Å²) in [5, 5.41) is 1.38. The normalized spacial score (nSPS) is 10.6. The molecule has 7 heteroatoms. The molecule has 3 rings (SSSR count). The van der Waals surface area contributed by atoms with E-state index in [0.717, 1.165) is 0 Å². The second-order valence-corrected chi connectivity index (χ2v) is 5.75. The molecular weight excluding hydrogens is 351 g/mol. The molecular formula is C17H12Cl2N2O3. The molecule has 0 atom stereocenters. The molecule has 0 N–H and O–H groups in total. The number of rotatable bonds is 5. The molecule has 1 heterocycles. The van der Waals surface area contributed by atoms with Gasteiger partial charge in [0.25, 0.3) is 0 Å². The van der Waals surface area contributed by atoms with E-state index in [9.17, 15) is 4.79 Å². The first-order valence-corrected chi connectivity index (χ1v) is 7.74. The van der Waals surface area contributed by atoms with Crippen LogP contribution in [-0.4, -0.2) is 29.5 Å². The number of ketones is 1. The van der Waals surface area contributed by atoms with Gasteiger partial charge in [0.1, 0.15) is 12.1 Å². The molecule has 0 aliphatic heterocycles. The van der Waals surface area contributed by atoms with Gasteiger partial charge < -0.3 is 9.47 Å². The average Bonchev–Trinajstić information content (AvgIpc) is 2.59. The Morgan fingerprint density at radius 1 is 1.17 bits per heavy atom. The molecule has 0 unspecified atom stereocenters. The fourth-order valence-corrected chi connectivity index (χ4v) is 2.74. The zero-order valence-electron chi connectivity index (χ0n) is 12.6. The van der Waals surface area contributed by atoms with Crippen molar-refractivity contribution in [3.8, 4) is 11.6 Å². The van der Waals surface area contributed by atoms with Gasteiger partial charge >= 0.3 is 0 Å². The molecule has 24 heavy (non-hydrogen) atoms. The summed E-state index contributed by atoms with van der Waals surface area (Å²) in [6.45, 7) is -0.177. The van der Waals surface area contributed by atoms with Gasteiger partial charge in [0, 0.05) is 10.6 Å². The summed E-state index contributed by atoms with van der Waals surface area (Å²) in [5.74, 6) is 0.654. The Bertz CT molecular complexity index is 915. The molecule has 122 valence electrons. The lowest BCUT2D eigenvalue weighted by Crippen LogP contribution is -2.12. The Kier molecular flexibility index (Phi) is 4.83. The lowest BCUT2D eigenvalue weighted by molar-refractivity contribution is 0.0919. The monoisotopic (exact) mass is 362 g/mol. The molecule has 3 aromatic rings. The van der Waals surface area contributed by atoms with Crippen molar-refractivity contribution >= 4 is 39.9 Å². The molecule has 0 aliphatic carbocycles. The van der Waals surface area contributed by atoms with Gasteiger partial charge in [-0.1, -0.05) is 35.3 Å². The van der Waals surface area contributed by atoms with Crippen LogP contribution in [0.15, 0.2) is 42.7 Å². The second-order valence-electron chi connectivity index (χ2n) is 4.91. The van der Waals surface area contributed by atoms with Crippen molar-refractivity contribution in [2.75, 3.05) is 13.7 Å². The van der Waals surface area contributed by atoms with E-state index in [0.29, 0.717) is 32.3 Å². The van der Waals surface area contributed by atoms with Crippen LogP contribution < -0.4 is 9.47 Å². The number of benzene rings is 2. The summed E-state index contributed by atoms with van der Waals surface area (Å²) in [6, 6.07) is 10.1. The van der Waals surface area contributed by atoms with Crippen LogP contribution in [0.3, 0.4) is 0 Å². The molecule has 2 aromatic carbocycles. The highest BCUT2D eigenvalue weighted by Gasteiger charge is 2.13. The molecule has 0 aliphatic rings. The predicted octanol–water partition coefficient (Wildman–Crippen LogP) is 4.21. The molecule has 0 radical (unpaired) electrons. The molecule has 0 fully saturated rings. The number of hydrogen-bond acceptors (Lipinski definition) is 5. The van der Waals surface area contributed by atoms with E-state index < -0.39 is 0 Å². The van der Waals surface area contributed by atoms with Gasteiger partial charge in [0.2, 0.25) is 5.88 Å². The summed E-state index contributed by atoms with van der Waals surface area (Å²) in [4.78, 5) is 20.4. The number of Topliss-reactive ketones (excluding diaryl/α,β-unsaturated/α-hetero) is 1. The Morgan fingerprint density at radius 2 is 2.00 bits per heavy atom. The highest BCUT2D eigenvalue weighted by molar-refractivity contribution is 6.38. The predicted molar refractivity (Wildman–Crippen MR) is 92.4 cm³/mol. The third kappa shape index (κ3) is 3.42. The topological polar surface area (TPSA) is 61.3 Å². The van der Waals surface area contributed by atoms with Gasteiger partial charge in [0.15, 0.2) is 12.4 Å². The maximum absolute atomic E-state index is 12.3. The quantitative estimate of drug-likeness (QED) is 0.636. The minimum atomic E-state index is -0.200. The van der Waals surface area contributed by atoms with E-state index >= 15 is 0 Å². The number of aromatic nitrogens is 2. The van der Waals surface area contributed by atoms with Crippen molar-refractivity contribution in [3.63, 3.8) is 0 Å². The number of fused-ring (bicyclic) bond motifs is 1. The number of halogens is 2. The lowest BCUT2D eigenvalue weighted by atomic mass is 10.1. The molecule has 0 saturated carbocycles. The van der Waals surface area contributed by atoms with Crippen LogP contribution in [0.1, 0.15) is 10.4 Å². The first-order valence-electron chi connectivity index (χ1n) is 6.98. The van der Waals surface area contributed by atoms with Crippen molar-refractivity contribution in [1.82, 2.24) is 9.97 Å². The summed E-state index contributed by atoms with van der Waals surface area (Å²) in [5.41, 5.74) is 1.00. The highest BCUT2D eigenvalue weighted by Crippen LogP contribution is 2.30. The van der Waals surface area contributed by atoms with Crippen molar-refractivity contribution in [2.45, 2.75) is 0 Å². The van der Waals surface area contributed by atoms with Gasteiger partial charge in [-0.15, -0.1) is 0 Å². The number of methoxy groups -OCH3 is 1. The third-order valence-corrected chi connectivity index (χ3v) is 3.86. The fourth-order valence-electron chi connectivity index (χ4n) is 2.20. The van der Waals surface area contributed by atoms with Crippen LogP contribution in [0.5, 0.6) is 11.6 Å². The van der Waals surface area contributed by atoms with Crippen molar-refractivity contribution < 1.29 is 14.3 Å². The van der Waals surface area contributed by atoms with Crippen LogP contribution >= 0.6 is 23.2 Å². The first kappa shape index (κ1) is 16.5. The van der Waals surface area contributed by atoms with Gasteiger partial charge in [-0.25, -0.2) is 9.97 Å². The van der Waals surface area contributed by atoms with Gasteiger partial charge in [-0.05, 0) is 24.3 Å². The summed E-state index contributed by atoms with van der Waals surface area (Å²) < 4.78 is 10.7. The zero-order valence-corrected chi connectivity index (χ0v) is 14.1. The largest absolute Gasteiger partial charge is 0.497 e. The maximum atomic E-state index is 12.3. The van der Waals surface area contributed by atoms with E-state index in [-0.39, 0.29) is 18.3 Å². The van der Waals surface area contributed by atoms with Crippen LogP contribution in [-0.2, 0) is 0 Å². The number of nitrogens with zero attached hydrogens (tertiary/aromatic N) is 2. The summed E-state index contributed by atoms with van der Waals surface area (Å²) >= 11 is 12.1. The molecule has 0 saturated heterocycles. The van der Waals surface area contributed by atoms with E-state index in [4.69, 9.17) is 32.7 Å². The number of ether oxygens (including phenoxy) is 2. The number of hydrogen-bond donors (Lipinski definition) is 0. The Hall–Kier alpha value is -2.37. The number of carbonyl (C=O) groups is 1. The second kappa shape index (κ2) is 7.03. The molecule has 0 amide bonds. The van der Waals surface area contributed by atoms with E-state index in [2.05, 4.69) is 9.97 Å². The SMILES string of the molecule is COc1cccc(C(=O)COc2ncnc3c(Cl)cc(Cl)cc23)c1. The standard InChI is InChI=1S/C17H12Cl2N2O3/c1-23-12-4-2-3-10(5-12)15(22)8-24-17-13-6-11(18)7-14(19)16(13)20-9-21-17/h2-7,9H,8H2,1H3. The smallest absolute Gasteiger partial charge is 0.225 e. The van der Waals surface area contributed by atoms with E-state index in [1.807, 2.05) is 0 Å². The van der Waals surface area contributed by atoms with Crippen molar-refractivity contribution in [1.29, 1.82) is 0 Å². The summed E-state index contributed by atoms with van der Waals surface area (Å²) in [7, 11) is 1.54. The van der Waals surface area contributed by atoms with E-state index in [1.54, 1.807) is 43.5 Å². The lowest BCUT2D eigenvalue weighted by Gasteiger charge is -2.09. The van der Waals surface area contributed by atoms with Gasteiger partial charge in [-0.3, -0.25) is 4.79 Å². The Labute approximate surface area is 148 Å². The third-order valence-electron chi connectivity index (χ3n) is 3.35. The minimum Gasteiger partial charge on any atom is -0.497 e. The average molecular weight is 363 g/mol. The van der Waals surface area contributed by atoms with Gasteiger partial charge in [0.05, 0.1) is 23.0 Å². The minimum absolute atomic E-state index is 0.177. The number of carbonyl (C=O) groups excluding carboxylic acids is 1. The zero-order chi connectivity index (χ0) is 17.1. The van der Waals surface area contributed by atoms with Crippen LogP contribution in [0.2, 0.25) is 10.0 Å². The van der Waals surface area contributed by atoms with Crippen molar-refractivity contribution in [2.24, 2.45) is 0 Å². The molecule has 1 aromatic heterocycles. The molecule has 5 nitrogen and oxygen atoms in total. The summed E-state index contributed by atoms with van der Waals surface area (Å²) in [6.07, 6.45) is 1.33. The van der Waals surface area contributed by atoms with Crippen LogP contribution in [0, 0.1) is 0 Å². The van der Waals surface area contributed by atoms with Gasteiger partial charge in [-0.2, -0.15) is 0 Å². The first-order chi connectivity index (χ1) is 11.6. The van der Waals surface area contributed by atoms with Crippen molar-refractivity contribution in [3.05, 3.63) is 58.3 Å². The van der Waals surface area contributed by atoms with Crippen LogP contribution in [0.25, 0.3) is 10.9 Å². The molecule has 0 spiro atoms. The molecule has 0 bridgehead atoms. The maximum Gasteiger partial charge on any atom is 0.225 e. The Morgan fingerprint density at radius 3 is 2.79 bits per heavy atom. The van der Waals surface area contributed by atoms with E-state index in [1.165, 1.54) is 6.33 Å². The highest BCUT2D eigenvalue weighted by atomic mass is 35.5. The fraction of sp³-hybridized carbons (Fsp3) is 0.118. The van der Waals surface area contributed by atoms with Crippen LogP contribution in [0.4, 0.5) is 0 Å². The Balaban J connectivity index is 1.84.